The lowest BCUT2D eigenvalue weighted by atomic mass is 10.2. The molecule has 0 unspecified atom stereocenters. The van der Waals surface area contributed by atoms with Crippen molar-refractivity contribution in [1.82, 2.24) is 19.2 Å². The number of carbonyl (C=O) groups is 1. The quantitative estimate of drug-likeness (QED) is 0.728. The summed E-state index contributed by atoms with van der Waals surface area (Å²) in [5.74, 6) is -1.26. The Morgan fingerprint density at radius 1 is 1.22 bits per heavy atom. The summed E-state index contributed by atoms with van der Waals surface area (Å²) >= 11 is 0. The third-order valence-electron chi connectivity index (χ3n) is 4.56. The second kappa shape index (κ2) is 8.62. The van der Waals surface area contributed by atoms with Crippen LogP contribution in [0.2, 0.25) is 0 Å². The van der Waals surface area contributed by atoms with Gasteiger partial charge in [0.05, 0.1) is 6.33 Å². The van der Waals surface area contributed by atoms with E-state index in [9.17, 15) is 17.6 Å². The van der Waals surface area contributed by atoms with E-state index in [1.54, 1.807) is 12.5 Å². The van der Waals surface area contributed by atoms with Crippen LogP contribution in [0.4, 0.5) is 4.39 Å². The van der Waals surface area contributed by atoms with Crippen LogP contribution in [0.1, 0.15) is 36.0 Å². The highest BCUT2D eigenvalue weighted by atomic mass is 32.2. The van der Waals surface area contributed by atoms with Gasteiger partial charge >= 0.3 is 0 Å². The summed E-state index contributed by atoms with van der Waals surface area (Å²) in [5, 5.41) is 2.74. The van der Waals surface area contributed by atoms with Crippen molar-refractivity contribution < 1.29 is 17.6 Å². The molecule has 2 aromatic rings. The summed E-state index contributed by atoms with van der Waals surface area (Å²) in [6.45, 7) is 1.89. The van der Waals surface area contributed by atoms with E-state index in [-0.39, 0.29) is 5.56 Å². The van der Waals surface area contributed by atoms with E-state index in [0.717, 1.165) is 31.4 Å². The normalized spacial score (nSPS) is 15.6. The second-order valence-corrected chi connectivity index (χ2v) is 8.43. The molecular weight excluding hydrogens is 371 g/mol. The molecule has 27 heavy (non-hydrogen) atoms. The van der Waals surface area contributed by atoms with E-state index < -0.39 is 26.6 Å². The van der Waals surface area contributed by atoms with E-state index in [4.69, 9.17) is 0 Å². The second-order valence-electron chi connectivity index (χ2n) is 6.52. The summed E-state index contributed by atoms with van der Waals surface area (Å²) < 4.78 is 42.8. The van der Waals surface area contributed by atoms with Gasteiger partial charge in [0.25, 0.3) is 5.91 Å². The van der Waals surface area contributed by atoms with Crippen molar-refractivity contribution in [3.63, 3.8) is 0 Å². The number of nitrogens with zero attached hydrogens (tertiary/aromatic N) is 3. The monoisotopic (exact) mass is 394 g/mol. The van der Waals surface area contributed by atoms with Gasteiger partial charge < -0.3 is 9.88 Å². The standard InChI is InChI=1S/C18H23FN4O3S/c19-16-6-5-15(18(24)21-7-4-9-22-12-8-20-14-22)13-17(16)27(25,26)23-10-2-1-3-11-23/h5-6,8,12-14H,1-4,7,9-11H2,(H,21,24). The number of benzene rings is 1. The molecule has 2 heterocycles. The number of nitrogens with one attached hydrogen (secondary N) is 1. The molecule has 7 nitrogen and oxygen atoms in total. The first kappa shape index (κ1) is 19.5. The molecule has 0 spiro atoms. The van der Waals surface area contributed by atoms with Crippen LogP contribution in [0.3, 0.4) is 0 Å². The smallest absolute Gasteiger partial charge is 0.251 e. The molecule has 0 atom stereocenters. The van der Waals surface area contributed by atoms with Crippen LogP contribution in [0.5, 0.6) is 0 Å². The Balaban J connectivity index is 1.65. The molecule has 0 saturated carbocycles. The molecular formula is C18H23FN4O3S. The summed E-state index contributed by atoms with van der Waals surface area (Å²) in [4.78, 5) is 15.8. The van der Waals surface area contributed by atoms with Crippen LogP contribution in [-0.4, -0.2) is 47.8 Å². The minimum absolute atomic E-state index is 0.134. The molecule has 146 valence electrons. The van der Waals surface area contributed by atoms with Gasteiger partial charge in [0, 0.05) is 44.1 Å². The lowest BCUT2D eigenvalue weighted by molar-refractivity contribution is 0.0952. The van der Waals surface area contributed by atoms with Gasteiger partial charge in [0.15, 0.2) is 0 Å². The number of hydrogen-bond acceptors (Lipinski definition) is 4. The maximum Gasteiger partial charge on any atom is 0.251 e. The Bertz CT molecular complexity index is 878. The first-order chi connectivity index (χ1) is 13.0. The highest BCUT2D eigenvalue weighted by molar-refractivity contribution is 7.89. The minimum atomic E-state index is -3.94. The lowest BCUT2D eigenvalue weighted by Gasteiger charge is -2.26. The highest BCUT2D eigenvalue weighted by Crippen LogP contribution is 2.24. The summed E-state index contributed by atoms with van der Waals surface area (Å²) in [6.07, 6.45) is 8.40. The molecule has 3 rings (SSSR count). The Kier molecular flexibility index (Phi) is 6.22. The van der Waals surface area contributed by atoms with E-state index in [1.807, 2.05) is 10.8 Å². The van der Waals surface area contributed by atoms with Crippen LogP contribution >= 0.6 is 0 Å². The molecule has 1 aliphatic rings. The fourth-order valence-corrected chi connectivity index (χ4v) is 4.68. The molecule has 1 amide bonds. The topological polar surface area (TPSA) is 84.3 Å². The fourth-order valence-electron chi connectivity index (χ4n) is 3.07. The summed E-state index contributed by atoms with van der Waals surface area (Å²) in [7, 11) is -3.94. The van der Waals surface area contributed by atoms with Crippen LogP contribution in [0.25, 0.3) is 0 Å². The highest BCUT2D eigenvalue weighted by Gasteiger charge is 2.29. The van der Waals surface area contributed by atoms with Crippen molar-refractivity contribution in [1.29, 1.82) is 0 Å². The first-order valence-corrected chi connectivity index (χ1v) is 10.5. The van der Waals surface area contributed by atoms with Crippen molar-refractivity contribution in [3.8, 4) is 0 Å². The fraction of sp³-hybridized carbons (Fsp3) is 0.444. The van der Waals surface area contributed by atoms with Gasteiger partial charge in [-0.1, -0.05) is 6.42 Å². The number of halogens is 1. The maximum atomic E-state index is 14.2. The largest absolute Gasteiger partial charge is 0.352 e. The van der Waals surface area contributed by atoms with E-state index in [0.29, 0.717) is 32.6 Å². The average Bonchev–Trinajstić information content (AvgIpc) is 3.19. The number of carbonyl (C=O) groups excluding carboxylic acids is 1. The van der Waals surface area contributed by atoms with Gasteiger partial charge in [-0.25, -0.2) is 17.8 Å². The molecule has 0 radical (unpaired) electrons. The molecule has 1 aliphatic heterocycles. The molecule has 9 heteroatoms. The molecule has 1 aromatic heterocycles. The molecule has 1 fully saturated rings. The van der Waals surface area contributed by atoms with E-state index >= 15 is 0 Å². The predicted molar refractivity (Wildman–Crippen MR) is 98.2 cm³/mol. The molecule has 1 aromatic carbocycles. The Morgan fingerprint density at radius 3 is 2.70 bits per heavy atom. The summed E-state index contributed by atoms with van der Waals surface area (Å²) in [6, 6.07) is 3.47. The maximum absolute atomic E-state index is 14.2. The molecule has 1 saturated heterocycles. The molecule has 0 aliphatic carbocycles. The van der Waals surface area contributed by atoms with Crippen molar-refractivity contribution in [2.75, 3.05) is 19.6 Å². The Labute approximate surface area is 158 Å². The van der Waals surface area contributed by atoms with Gasteiger partial charge in [-0.2, -0.15) is 4.31 Å². The van der Waals surface area contributed by atoms with Gasteiger partial charge in [-0.3, -0.25) is 4.79 Å². The van der Waals surface area contributed by atoms with Crippen LogP contribution in [0.15, 0.2) is 41.8 Å². The zero-order chi connectivity index (χ0) is 19.3. The number of sulfonamides is 1. The summed E-state index contributed by atoms with van der Waals surface area (Å²) in [5.41, 5.74) is 0.134. The van der Waals surface area contributed by atoms with Crippen molar-refractivity contribution >= 4 is 15.9 Å². The minimum Gasteiger partial charge on any atom is -0.352 e. The SMILES string of the molecule is O=C(NCCCn1ccnc1)c1ccc(F)c(S(=O)(=O)N2CCCCC2)c1. The van der Waals surface area contributed by atoms with Gasteiger partial charge in [0.2, 0.25) is 10.0 Å². The van der Waals surface area contributed by atoms with Gasteiger partial charge in [-0.05, 0) is 37.5 Å². The van der Waals surface area contributed by atoms with Crippen LogP contribution in [-0.2, 0) is 16.6 Å². The first-order valence-electron chi connectivity index (χ1n) is 9.02. The lowest BCUT2D eigenvalue weighted by Crippen LogP contribution is -2.36. The number of aryl methyl sites for hydroxylation is 1. The van der Waals surface area contributed by atoms with Gasteiger partial charge in [-0.15, -0.1) is 0 Å². The number of imidazole rings is 1. The average molecular weight is 394 g/mol. The van der Waals surface area contributed by atoms with Crippen molar-refractivity contribution in [2.24, 2.45) is 0 Å². The third-order valence-corrected chi connectivity index (χ3v) is 6.48. The number of piperidine rings is 1. The zero-order valence-corrected chi connectivity index (χ0v) is 15.8. The van der Waals surface area contributed by atoms with Gasteiger partial charge in [0.1, 0.15) is 10.7 Å². The zero-order valence-electron chi connectivity index (χ0n) is 15.0. The number of amides is 1. The predicted octanol–water partition coefficient (Wildman–Crippen LogP) is 2.02. The third kappa shape index (κ3) is 4.72. The van der Waals surface area contributed by atoms with Crippen LogP contribution in [0, 0.1) is 5.82 Å². The van der Waals surface area contributed by atoms with Crippen molar-refractivity contribution in [3.05, 3.63) is 48.3 Å². The van der Waals surface area contributed by atoms with E-state index in [1.165, 1.54) is 10.4 Å². The van der Waals surface area contributed by atoms with Crippen molar-refractivity contribution in [2.45, 2.75) is 37.1 Å². The molecule has 1 N–H and O–H groups in total. The number of hydrogen-bond donors (Lipinski definition) is 1. The van der Waals surface area contributed by atoms with E-state index in [2.05, 4.69) is 10.3 Å². The number of rotatable bonds is 7. The van der Waals surface area contributed by atoms with Crippen LogP contribution < -0.4 is 5.32 Å². The number of aromatic nitrogens is 2. The Morgan fingerprint density at radius 2 is 2.00 bits per heavy atom. The molecule has 0 bridgehead atoms. The Hall–Kier alpha value is -2.26.